The van der Waals surface area contributed by atoms with E-state index in [9.17, 15) is 4.79 Å². The molecular weight excluding hydrogens is 388 g/mol. The van der Waals surface area contributed by atoms with E-state index in [0.717, 1.165) is 34.4 Å². The zero-order chi connectivity index (χ0) is 21.5. The molecule has 3 aromatic rings. The van der Waals surface area contributed by atoms with Crippen molar-refractivity contribution in [1.29, 1.82) is 0 Å². The summed E-state index contributed by atoms with van der Waals surface area (Å²) in [5.41, 5.74) is 3.83. The van der Waals surface area contributed by atoms with Crippen LogP contribution in [0.4, 0.5) is 0 Å². The Balaban J connectivity index is 1.78. The summed E-state index contributed by atoms with van der Waals surface area (Å²) in [5, 5.41) is 0. The minimum atomic E-state index is -0.316. The smallest absolute Gasteiger partial charge is 0.170 e. The van der Waals surface area contributed by atoms with Crippen LogP contribution in [-0.4, -0.2) is 20.0 Å². The van der Waals surface area contributed by atoms with Gasteiger partial charge in [-0.1, -0.05) is 55.5 Å². The lowest BCUT2D eigenvalue weighted by Crippen LogP contribution is -2.40. The van der Waals surface area contributed by atoms with Gasteiger partial charge in [-0.15, -0.1) is 0 Å². The quantitative estimate of drug-likeness (QED) is 0.486. The van der Waals surface area contributed by atoms with Gasteiger partial charge in [-0.25, -0.2) is 0 Å². The number of ether oxygens (including phenoxy) is 3. The van der Waals surface area contributed by atoms with Gasteiger partial charge in [0.05, 0.1) is 20.1 Å². The second kappa shape index (κ2) is 7.77. The predicted octanol–water partition coefficient (Wildman–Crippen LogP) is 5.93. The Morgan fingerprint density at radius 2 is 1.52 bits per heavy atom. The SMILES string of the molecule is CC[C@@H]1[C@H]2c3ccccc3O[C@@H]1c1cc(OC)c(OC)cc1[C@H]2C(=O)c1ccccc1. The highest BCUT2D eigenvalue weighted by Gasteiger charge is 2.50. The third-order valence-corrected chi connectivity index (χ3v) is 6.78. The fraction of sp³-hybridized carbons (Fsp3) is 0.296. The van der Waals surface area contributed by atoms with Gasteiger partial charge < -0.3 is 14.2 Å². The van der Waals surface area contributed by atoms with Gasteiger partial charge in [0.25, 0.3) is 0 Å². The second-order valence-electron chi connectivity index (χ2n) is 8.22. The van der Waals surface area contributed by atoms with Gasteiger partial charge in [-0.3, -0.25) is 4.79 Å². The zero-order valence-corrected chi connectivity index (χ0v) is 18.0. The average molecular weight is 415 g/mol. The van der Waals surface area contributed by atoms with Crippen molar-refractivity contribution < 1.29 is 19.0 Å². The topological polar surface area (TPSA) is 44.8 Å². The van der Waals surface area contributed by atoms with E-state index in [1.807, 2.05) is 60.7 Å². The van der Waals surface area contributed by atoms with Crippen LogP contribution < -0.4 is 14.2 Å². The number of para-hydroxylation sites is 1. The van der Waals surface area contributed by atoms with Crippen LogP contribution in [0.3, 0.4) is 0 Å². The molecule has 0 saturated carbocycles. The van der Waals surface area contributed by atoms with Crippen LogP contribution in [-0.2, 0) is 0 Å². The molecule has 2 aliphatic rings. The number of hydrogen-bond acceptors (Lipinski definition) is 4. The van der Waals surface area contributed by atoms with Crippen LogP contribution in [0.2, 0.25) is 0 Å². The molecular formula is C27H26O4. The van der Waals surface area contributed by atoms with Crippen molar-refractivity contribution in [2.75, 3.05) is 14.2 Å². The number of carbonyl (C=O) groups is 1. The van der Waals surface area contributed by atoms with Crippen molar-refractivity contribution in [3.05, 3.63) is 89.0 Å². The molecule has 1 aliphatic carbocycles. The number of benzene rings is 3. The summed E-state index contributed by atoms with van der Waals surface area (Å²) in [6, 6.07) is 21.7. The first-order chi connectivity index (χ1) is 15.2. The summed E-state index contributed by atoms with van der Waals surface area (Å²) in [4.78, 5) is 14.0. The number of hydrogen-bond donors (Lipinski definition) is 0. The van der Waals surface area contributed by atoms with Gasteiger partial charge in [-0.05, 0) is 35.7 Å². The minimum Gasteiger partial charge on any atom is -0.493 e. The van der Waals surface area contributed by atoms with E-state index in [0.29, 0.717) is 11.5 Å². The average Bonchev–Trinajstić information content (AvgIpc) is 2.83. The van der Waals surface area contributed by atoms with Crippen LogP contribution in [0.5, 0.6) is 17.2 Å². The van der Waals surface area contributed by atoms with E-state index in [-0.39, 0.29) is 29.6 Å². The number of rotatable bonds is 5. The molecule has 0 spiro atoms. The molecule has 0 N–H and O–H groups in total. The molecule has 2 bridgehead atoms. The second-order valence-corrected chi connectivity index (χ2v) is 8.22. The molecule has 0 unspecified atom stereocenters. The largest absolute Gasteiger partial charge is 0.493 e. The van der Waals surface area contributed by atoms with Crippen molar-refractivity contribution in [2.24, 2.45) is 5.92 Å². The van der Waals surface area contributed by atoms with Gasteiger partial charge in [-0.2, -0.15) is 0 Å². The summed E-state index contributed by atoms with van der Waals surface area (Å²) in [7, 11) is 3.26. The fourth-order valence-corrected chi connectivity index (χ4v) is 5.40. The summed E-state index contributed by atoms with van der Waals surface area (Å²) >= 11 is 0. The summed E-state index contributed by atoms with van der Waals surface area (Å²) in [6.45, 7) is 2.18. The molecule has 31 heavy (non-hydrogen) atoms. The van der Waals surface area contributed by atoms with E-state index >= 15 is 0 Å². The standard InChI is InChI=1S/C27H26O4/c1-4-17-24-18-12-8-9-13-21(18)31-27(17)20-15-23(30-3)22(29-2)14-19(20)25(24)26(28)16-10-6-5-7-11-16/h5-15,17,24-25,27H,4H2,1-3H3/t17-,24+,25-,27+/m1/s1. The Morgan fingerprint density at radius 1 is 0.871 bits per heavy atom. The summed E-state index contributed by atoms with van der Waals surface area (Å²) < 4.78 is 17.7. The van der Waals surface area contributed by atoms with Crippen molar-refractivity contribution in [3.8, 4) is 17.2 Å². The molecule has 0 fully saturated rings. The van der Waals surface area contributed by atoms with E-state index < -0.39 is 0 Å². The molecule has 1 heterocycles. The Morgan fingerprint density at radius 3 is 2.19 bits per heavy atom. The Bertz CT molecular complexity index is 1120. The predicted molar refractivity (Wildman–Crippen MR) is 119 cm³/mol. The van der Waals surface area contributed by atoms with Gasteiger partial charge in [0.15, 0.2) is 17.3 Å². The van der Waals surface area contributed by atoms with Crippen LogP contribution in [0.1, 0.15) is 58.3 Å². The maximum Gasteiger partial charge on any atom is 0.170 e. The number of methoxy groups -OCH3 is 2. The number of ketones is 1. The molecule has 0 amide bonds. The Labute approximate surface area is 182 Å². The minimum absolute atomic E-state index is 0.0401. The molecule has 3 aromatic carbocycles. The molecule has 4 atom stereocenters. The van der Waals surface area contributed by atoms with Gasteiger partial charge in [0.1, 0.15) is 11.9 Å². The first-order valence-corrected chi connectivity index (χ1v) is 10.8. The maximum absolute atomic E-state index is 14.0. The molecule has 0 aromatic heterocycles. The highest BCUT2D eigenvalue weighted by molar-refractivity contribution is 6.02. The fourth-order valence-electron chi connectivity index (χ4n) is 5.40. The molecule has 1 aliphatic heterocycles. The van der Waals surface area contributed by atoms with E-state index in [2.05, 4.69) is 13.0 Å². The molecule has 0 saturated heterocycles. The first kappa shape index (κ1) is 19.7. The lowest BCUT2D eigenvalue weighted by molar-refractivity contribution is 0.0587. The third kappa shape index (κ3) is 3.01. The van der Waals surface area contributed by atoms with Crippen LogP contribution >= 0.6 is 0 Å². The van der Waals surface area contributed by atoms with Crippen LogP contribution in [0.25, 0.3) is 0 Å². The van der Waals surface area contributed by atoms with Gasteiger partial charge in [0, 0.05) is 23.0 Å². The van der Waals surface area contributed by atoms with E-state index in [1.54, 1.807) is 14.2 Å². The molecule has 4 heteroatoms. The Hall–Kier alpha value is -3.27. The van der Waals surface area contributed by atoms with Crippen LogP contribution in [0, 0.1) is 5.92 Å². The van der Waals surface area contributed by atoms with E-state index in [1.165, 1.54) is 0 Å². The lowest BCUT2D eigenvalue weighted by Gasteiger charge is -2.48. The van der Waals surface area contributed by atoms with Crippen molar-refractivity contribution in [3.63, 3.8) is 0 Å². The number of Topliss-reactive ketones (excluding diaryl/α,β-unsaturated/α-hetero) is 1. The summed E-state index contributed by atoms with van der Waals surface area (Å²) in [5.74, 6) is 2.21. The zero-order valence-electron chi connectivity index (χ0n) is 18.0. The van der Waals surface area contributed by atoms with Crippen LogP contribution in [0.15, 0.2) is 66.7 Å². The molecule has 158 valence electrons. The van der Waals surface area contributed by atoms with Gasteiger partial charge >= 0.3 is 0 Å². The van der Waals surface area contributed by atoms with E-state index in [4.69, 9.17) is 14.2 Å². The third-order valence-electron chi connectivity index (χ3n) is 6.78. The van der Waals surface area contributed by atoms with Crippen molar-refractivity contribution in [1.82, 2.24) is 0 Å². The molecule has 5 rings (SSSR count). The highest BCUT2D eigenvalue weighted by Crippen LogP contribution is 2.59. The Kier molecular flexibility index (Phi) is 4.93. The lowest BCUT2D eigenvalue weighted by atomic mass is 9.61. The van der Waals surface area contributed by atoms with Crippen molar-refractivity contribution >= 4 is 5.78 Å². The van der Waals surface area contributed by atoms with Crippen molar-refractivity contribution in [2.45, 2.75) is 31.3 Å². The number of carbonyl (C=O) groups excluding carboxylic acids is 1. The first-order valence-electron chi connectivity index (χ1n) is 10.8. The monoisotopic (exact) mass is 414 g/mol. The number of fused-ring (bicyclic) bond motifs is 6. The normalized spacial score (nSPS) is 23.2. The maximum atomic E-state index is 14.0. The summed E-state index contributed by atoms with van der Waals surface area (Å²) in [6.07, 6.45) is 0.787. The molecule has 0 radical (unpaired) electrons. The van der Waals surface area contributed by atoms with Gasteiger partial charge in [0.2, 0.25) is 0 Å². The highest BCUT2D eigenvalue weighted by atomic mass is 16.5. The molecule has 4 nitrogen and oxygen atoms in total.